The summed E-state index contributed by atoms with van der Waals surface area (Å²) in [6.07, 6.45) is 2.11. The Bertz CT molecular complexity index is 1110. The van der Waals surface area contributed by atoms with E-state index < -0.39 is 9.84 Å². The maximum absolute atomic E-state index is 13.0. The molecule has 158 valence electrons. The zero-order chi connectivity index (χ0) is 21.3. The van der Waals surface area contributed by atoms with Crippen LogP contribution in [0.1, 0.15) is 40.8 Å². The number of aryl methyl sites for hydroxylation is 3. The minimum absolute atomic E-state index is 0.314. The van der Waals surface area contributed by atoms with Crippen LogP contribution in [0.4, 0.5) is 5.13 Å². The van der Waals surface area contributed by atoms with E-state index in [0.717, 1.165) is 35.9 Å². The molecule has 0 bridgehead atoms. The topological polar surface area (TPSA) is 50.3 Å². The first-order valence-corrected chi connectivity index (χ1v) is 12.8. The zero-order valence-corrected chi connectivity index (χ0v) is 19.4. The standard InChI is InChI=1S/C24H28N2O2S2/c1-17-4-6-22(7-5-17)30(27,28)23-8-10-26(11-9-23)24-25-21(16-29-24)15-20-13-18(2)12-19(3)14-20/h4-7,12-14,16,23H,8-11,15H2,1-3H3. The Morgan fingerprint density at radius 2 is 1.60 bits per heavy atom. The number of thiazole rings is 1. The fourth-order valence-corrected chi connectivity index (χ4v) is 6.79. The van der Waals surface area contributed by atoms with Crippen molar-refractivity contribution in [3.8, 4) is 0 Å². The number of sulfone groups is 1. The molecule has 0 radical (unpaired) electrons. The third kappa shape index (κ3) is 4.60. The lowest BCUT2D eigenvalue weighted by Crippen LogP contribution is -2.39. The summed E-state index contributed by atoms with van der Waals surface area (Å²) in [5.74, 6) is 0. The van der Waals surface area contributed by atoms with Crippen LogP contribution in [0.15, 0.2) is 52.7 Å². The van der Waals surface area contributed by atoms with Gasteiger partial charge in [-0.2, -0.15) is 0 Å². The first-order chi connectivity index (χ1) is 14.3. The first-order valence-electron chi connectivity index (χ1n) is 10.4. The molecular formula is C24H28N2O2S2. The summed E-state index contributed by atoms with van der Waals surface area (Å²) in [7, 11) is -3.27. The van der Waals surface area contributed by atoms with Gasteiger partial charge in [-0.3, -0.25) is 0 Å². The van der Waals surface area contributed by atoms with Gasteiger partial charge in [-0.15, -0.1) is 11.3 Å². The summed E-state index contributed by atoms with van der Waals surface area (Å²) in [5, 5.41) is 2.81. The van der Waals surface area contributed by atoms with Gasteiger partial charge in [0.2, 0.25) is 0 Å². The summed E-state index contributed by atoms with van der Waals surface area (Å²) >= 11 is 1.66. The number of anilines is 1. The molecule has 0 spiro atoms. The highest BCUT2D eigenvalue weighted by Gasteiger charge is 2.32. The van der Waals surface area contributed by atoms with E-state index in [2.05, 4.69) is 42.3 Å². The van der Waals surface area contributed by atoms with Crippen LogP contribution in [-0.2, 0) is 16.3 Å². The second-order valence-corrected chi connectivity index (χ2v) is 11.4. The highest BCUT2D eigenvalue weighted by molar-refractivity contribution is 7.92. The highest BCUT2D eigenvalue weighted by Crippen LogP contribution is 2.29. The molecule has 4 nitrogen and oxygen atoms in total. The number of aromatic nitrogens is 1. The highest BCUT2D eigenvalue weighted by atomic mass is 32.2. The van der Waals surface area contributed by atoms with E-state index in [0.29, 0.717) is 17.7 Å². The average Bonchev–Trinajstić information content (AvgIpc) is 3.16. The van der Waals surface area contributed by atoms with Crippen LogP contribution in [0, 0.1) is 20.8 Å². The van der Waals surface area contributed by atoms with Crippen molar-refractivity contribution in [1.29, 1.82) is 0 Å². The number of nitrogens with zero attached hydrogens (tertiary/aromatic N) is 2. The van der Waals surface area contributed by atoms with Crippen molar-refractivity contribution in [3.05, 3.63) is 75.8 Å². The normalized spacial score (nSPS) is 15.5. The van der Waals surface area contributed by atoms with Crippen molar-refractivity contribution < 1.29 is 8.42 Å². The summed E-state index contributed by atoms with van der Waals surface area (Å²) < 4.78 is 25.9. The molecule has 3 aromatic rings. The predicted molar refractivity (Wildman–Crippen MR) is 124 cm³/mol. The van der Waals surface area contributed by atoms with Crippen LogP contribution in [0.25, 0.3) is 0 Å². The molecule has 0 saturated carbocycles. The van der Waals surface area contributed by atoms with Crippen LogP contribution in [-0.4, -0.2) is 31.7 Å². The van der Waals surface area contributed by atoms with Gasteiger partial charge in [0, 0.05) is 24.9 Å². The molecule has 4 rings (SSSR count). The van der Waals surface area contributed by atoms with Crippen molar-refractivity contribution in [2.45, 2.75) is 50.2 Å². The van der Waals surface area contributed by atoms with E-state index in [1.54, 1.807) is 23.5 Å². The van der Waals surface area contributed by atoms with E-state index in [-0.39, 0.29) is 5.25 Å². The molecule has 0 atom stereocenters. The lowest BCUT2D eigenvalue weighted by atomic mass is 10.0. The van der Waals surface area contributed by atoms with E-state index in [1.165, 1.54) is 16.7 Å². The van der Waals surface area contributed by atoms with Crippen molar-refractivity contribution >= 4 is 26.3 Å². The molecule has 1 aliphatic rings. The second-order valence-electron chi connectivity index (χ2n) is 8.34. The van der Waals surface area contributed by atoms with Gasteiger partial charge in [-0.25, -0.2) is 13.4 Å². The lowest BCUT2D eigenvalue weighted by Gasteiger charge is -2.31. The first kappa shape index (κ1) is 21.1. The Hall–Kier alpha value is -2.18. The molecule has 0 amide bonds. The van der Waals surface area contributed by atoms with Gasteiger partial charge in [0.15, 0.2) is 15.0 Å². The van der Waals surface area contributed by atoms with Gasteiger partial charge in [0.1, 0.15) is 0 Å². The van der Waals surface area contributed by atoms with Crippen LogP contribution in [0.3, 0.4) is 0 Å². The monoisotopic (exact) mass is 440 g/mol. The number of hydrogen-bond acceptors (Lipinski definition) is 5. The fraction of sp³-hybridized carbons (Fsp3) is 0.375. The molecule has 30 heavy (non-hydrogen) atoms. The number of piperidine rings is 1. The summed E-state index contributed by atoms with van der Waals surface area (Å²) in [4.78, 5) is 7.51. The Morgan fingerprint density at radius 3 is 2.23 bits per heavy atom. The largest absolute Gasteiger partial charge is 0.348 e. The van der Waals surface area contributed by atoms with Gasteiger partial charge in [0.05, 0.1) is 15.8 Å². The van der Waals surface area contributed by atoms with E-state index in [9.17, 15) is 8.42 Å². The van der Waals surface area contributed by atoms with Gasteiger partial charge < -0.3 is 4.90 Å². The smallest absolute Gasteiger partial charge is 0.185 e. The molecule has 1 saturated heterocycles. The third-order valence-electron chi connectivity index (χ3n) is 5.71. The Balaban J connectivity index is 1.40. The SMILES string of the molecule is Cc1ccc(S(=O)(=O)C2CCN(c3nc(Cc4cc(C)cc(C)c4)cs3)CC2)cc1. The quantitative estimate of drug-likeness (QED) is 0.554. The van der Waals surface area contributed by atoms with Gasteiger partial charge in [-0.05, 0) is 51.3 Å². The van der Waals surface area contributed by atoms with Gasteiger partial charge in [-0.1, -0.05) is 47.0 Å². The summed E-state index contributed by atoms with van der Waals surface area (Å²) in [6, 6.07) is 13.8. The van der Waals surface area contributed by atoms with E-state index in [1.807, 2.05) is 19.1 Å². The van der Waals surface area contributed by atoms with Crippen LogP contribution >= 0.6 is 11.3 Å². The Kier molecular flexibility index (Phi) is 5.98. The molecule has 6 heteroatoms. The summed E-state index contributed by atoms with van der Waals surface area (Å²) in [5.41, 5.74) is 5.99. The average molecular weight is 441 g/mol. The molecule has 1 aromatic heterocycles. The minimum Gasteiger partial charge on any atom is -0.348 e. The van der Waals surface area contributed by atoms with E-state index >= 15 is 0 Å². The minimum atomic E-state index is -3.27. The number of benzene rings is 2. The maximum atomic E-state index is 13.0. The van der Waals surface area contributed by atoms with Crippen molar-refractivity contribution in [3.63, 3.8) is 0 Å². The molecule has 1 fully saturated rings. The van der Waals surface area contributed by atoms with Crippen LogP contribution in [0.5, 0.6) is 0 Å². The molecule has 0 N–H and O–H groups in total. The molecule has 0 aliphatic carbocycles. The second kappa shape index (κ2) is 8.52. The molecular weight excluding hydrogens is 412 g/mol. The number of hydrogen-bond donors (Lipinski definition) is 0. The van der Waals surface area contributed by atoms with Crippen molar-refractivity contribution in [1.82, 2.24) is 4.98 Å². The Morgan fingerprint density at radius 1 is 0.967 bits per heavy atom. The zero-order valence-electron chi connectivity index (χ0n) is 17.8. The molecule has 2 aromatic carbocycles. The summed E-state index contributed by atoms with van der Waals surface area (Å²) in [6.45, 7) is 7.67. The van der Waals surface area contributed by atoms with Crippen molar-refractivity contribution in [2.75, 3.05) is 18.0 Å². The van der Waals surface area contributed by atoms with Gasteiger partial charge in [0.25, 0.3) is 0 Å². The van der Waals surface area contributed by atoms with Crippen LogP contribution < -0.4 is 4.90 Å². The van der Waals surface area contributed by atoms with Crippen molar-refractivity contribution in [2.24, 2.45) is 0 Å². The lowest BCUT2D eigenvalue weighted by molar-refractivity contribution is 0.529. The maximum Gasteiger partial charge on any atom is 0.185 e. The fourth-order valence-electron chi connectivity index (χ4n) is 4.18. The predicted octanol–water partition coefficient (Wildman–Crippen LogP) is 5.10. The Labute approximate surface area is 183 Å². The van der Waals surface area contributed by atoms with E-state index in [4.69, 9.17) is 4.98 Å². The third-order valence-corrected chi connectivity index (χ3v) is 8.94. The number of rotatable bonds is 5. The molecule has 2 heterocycles. The molecule has 1 aliphatic heterocycles. The van der Waals surface area contributed by atoms with Crippen LogP contribution in [0.2, 0.25) is 0 Å². The van der Waals surface area contributed by atoms with Gasteiger partial charge >= 0.3 is 0 Å². The molecule has 0 unspecified atom stereocenters.